The maximum absolute atomic E-state index is 12.2. The van der Waals surface area contributed by atoms with Gasteiger partial charge in [0.25, 0.3) is 5.95 Å². The molecule has 1 fully saturated rings. The number of nitrogens with zero attached hydrogens (tertiary/aromatic N) is 4. The third-order valence-corrected chi connectivity index (χ3v) is 5.68. The van der Waals surface area contributed by atoms with Gasteiger partial charge in [0.2, 0.25) is 17.8 Å². The number of fused-ring (bicyclic) bond motifs is 1. The van der Waals surface area contributed by atoms with Crippen molar-refractivity contribution in [3.63, 3.8) is 0 Å². The van der Waals surface area contributed by atoms with E-state index in [-0.39, 0.29) is 36.6 Å². The molecule has 1 atom stereocenters. The maximum Gasteiger partial charge on any atom is 0.260 e. The van der Waals surface area contributed by atoms with E-state index < -0.39 is 0 Å². The van der Waals surface area contributed by atoms with Crippen molar-refractivity contribution in [1.82, 2.24) is 14.8 Å². The lowest BCUT2D eigenvalue weighted by atomic mass is 10.0. The Morgan fingerprint density at radius 2 is 1.67 bits per heavy atom. The fourth-order valence-corrected chi connectivity index (χ4v) is 3.98. The maximum atomic E-state index is 12.2. The number of benzene rings is 2. The van der Waals surface area contributed by atoms with Crippen molar-refractivity contribution in [1.29, 1.82) is 0 Å². The Morgan fingerprint density at radius 1 is 0.967 bits per heavy atom. The van der Waals surface area contributed by atoms with Gasteiger partial charge in [0.15, 0.2) is 0 Å². The summed E-state index contributed by atoms with van der Waals surface area (Å²) in [5.41, 5.74) is 2.52. The van der Waals surface area contributed by atoms with Gasteiger partial charge in [-0.05, 0) is 35.4 Å². The van der Waals surface area contributed by atoms with Gasteiger partial charge in [-0.3, -0.25) is 9.59 Å². The van der Waals surface area contributed by atoms with Crippen LogP contribution in [0.15, 0.2) is 54.6 Å². The molecule has 0 radical (unpaired) electrons. The van der Waals surface area contributed by atoms with Gasteiger partial charge in [0.05, 0.1) is 0 Å². The number of hydrogen-bond acceptors (Lipinski definition) is 5. The molecule has 9 heteroatoms. The second kappa shape index (κ2) is 7.27. The topological polar surface area (TPSA) is 80.1 Å². The van der Waals surface area contributed by atoms with Crippen LogP contribution in [0.3, 0.4) is 0 Å². The molecular weight excluding hydrogens is 425 g/mol. The molecular formula is C21H15Cl2N5O2. The zero-order valence-electron chi connectivity index (χ0n) is 15.5. The highest BCUT2D eigenvalue weighted by Crippen LogP contribution is 2.37. The van der Waals surface area contributed by atoms with E-state index in [9.17, 15) is 9.59 Å². The monoisotopic (exact) mass is 439 g/mol. The molecule has 0 saturated carbocycles. The van der Waals surface area contributed by atoms with Gasteiger partial charge in [0.1, 0.15) is 6.04 Å². The number of anilines is 2. The standard InChI is InChI=1S/C21H15Cl2N5O2/c22-13-7-5-12(6-8-13)16-11-17(14-3-1-2-4-15(14)23)28-20(24-16)25-21(26-28)27-18(29)9-10-19(27)30/h1-8,11,17H,9-10H2,(H,24,25,26). The summed E-state index contributed by atoms with van der Waals surface area (Å²) in [4.78, 5) is 29.8. The van der Waals surface area contributed by atoms with Crippen LogP contribution in [0.1, 0.15) is 30.0 Å². The molecule has 5 rings (SSSR count). The van der Waals surface area contributed by atoms with Crippen LogP contribution >= 0.6 is 23.2 Å². The Bertz CT molecular complexity index is 1190. The number of rotatable bonds is 3. The predicted molar refractivity (Wildman–Crippen MR) is 114 cm³/mol. The average molecular weight is 440 g/mol. The number of hydrogen-bond donors (Lipinski definition) is 1. The molecule has 2 aliphatic rings. The van der Waals surface area contributed by atoms with Gasteiger partial charge >= 0.3 is 0 Å². The van der Waals surface area contributed by atoms with Gasteiger partial charge in [-0.1, -0.05) is 53.5 Å². The molecule has 0 aliphatic carbocycles. The normalized spacial score (nSPS) is 18.3. The van der Waals surface area contributed by atoms with Crippen molar-refractivity contribution in [2.45, 2.75) is 18.9 Å². The number of carbonyl (C=O) groups is 2. The quantitative estimate of drug-likeness (QED) is 0.615. The number of imide groups is 1. The lowest BCUT2D eigenvalue weighted by Gasteiger charge is -2.25. The second-order valence-electron chi connectivity index (χ2n) is 6.98. The first kappa shape index (κ1) is 18.8. The number of halogens is 2. The third kappa shape index (κ3) is 3.16. The summed E-state index contributed by atoms with van der Waals surface area (Å²) in [5, 5.41) is 8.93. The smallest absolute Gasteiger partial charge is 0.260 e. The Labute approximate surface area is 181 Å². The van der Waals surface area contributed by atoms with Crippen molar-refractivity contribution >= 4 is 52.6 Å². The van der Waals surface area contributed by atoms with E-state index in [4.69, 9.17) is 23.2 Å². The van der Waals surface area contributed by atoms with E-state index in [0.717, 1.165) is 21.7 Å². The van der Waals surface area contributed by atoms with E-state index in [1.807, 2.05) is 36.4 Å². The van der Waals surface area contributed by atoms with Crippen molar-refractivity contribution in [3.8, 4) is 0 Å². The lowest BCUT2D eigenvalue weighted by molar-refractivity contribution is -0.121. The van der Waals surface area contributed by atoms with Crippen molar-refractivity contribution in [2.75, 3.05) is 10.2 Å². The molecule has 2 aromatic carbocycles. The predicted octanol–water partition coefficient (Wildman–Crippen LogP) is 4.29. The van der Waals surface area contributed by atoms with E-state index in [2.05, 4.69) is 15.4 Å². The fraction of sp³-hybridized carbons (Fsp3) is 0.143. The number of nitrogens with one attached hydrogen (secondary N) is 1. The molecule has 1 saturated heterocycles. The van der Waals surface area contributed by atoms with Crippen LogP contribution in [0.5, 0.6) is 0 Å². The van der Waals surface area contributed by atoms with Crippen LogP contribution in [0.2, 0.25) is 10.0 Å². The molecule has 150 valence electrons. The van der Waals surface area contributed by atoms with Crippen LogP contribution in [-0.2, 0) is 9.59 Å². The van der Waals surface area contributed by atoms with Crippen molar-refractivity contribution < 1.29 is 9.59 Å². The largest absolute Gasteiger partial charge is 0.324 e. The van der Waals surface area contributed by atoms with E-state index >= 15 is 0 Å². The Hall–Kier alpha value is -3.16. The van der Waals surface area contributed by atoms with Gasteiger partial charge in [-0.15, -0.1) is 5.10 Å². The molecule has 0 bridgehead atoms. The average Bonchev–Trinajstić information content (AvgIpc) is 3.30. The molecule has 7 nitrogen and oxygen atoms in total. The third-order valence-electron chi connectivity index (χ3n) is 5.09. The number of allylic oxidation sites excluding steroid dienone is 1. The first-order valence-electron chi connectivity index (χ1n) is 9.33. The highest BCUT2D eigenvalue weighted by molar-refractivity contribution is 6.31. The Morgan fingerprint density at radius 3 is 2.37 bits per heavy atom. The van der Waals surface area contributed by atoms with Crippen LogP contribution in [0.25, 0.3) is 5.70 Å². The first-order chi connectivity index (χ1) is 14.5. The number of aromatic nitrogens is 3. The van der Waals surface area contributed by atoms with Gasteiger partial charge in [0, 0.05) is 28.6 Å². The molecule has 2 aliphatic heterocycles. The van der Waals surface area contributed by atoms with Crippen LogP contribution in [0.4, 0.5) is 11.9 Å². The summed E-state index contributed by atoms with van der Waals surface area (Å²) >= 11 is 12.5. The minimum absolute atomic E-state index is 0.0628. The molecule has 1 aromatic heterocycles. The number of amides is 2. The fourth-order valence-electron chi connectivity index (χ4n) is 3.61. The molecule has 1 N–H and O–H groups in total. The zero-order valence-corrected chi connectivity index (χ0v) is 17.1. The molecule has 1 unspecified atom stereocenters. The molecule has 3 heterocycles. The highest BCUT2D eigenvalue weighted by atomic mass is 35.5. The summed E-state index contributed by atoms with van der Waals surface area (Å²) in [6, 6.07) is 14.5. The van der Waals surface area contributed by atoms with E-state index in [1.54, 1.807) is 22.9 Å². The van der Waals surface area contributed by atoms with Crippen LogP contribution in [0, 0.1) is 0 Å². The van der Waals surface area contributed by atoms with Crippen LogP contribution in [-0.4, -0.2) is 26.6 Å². The van der Waals surface area contributed by atoms with Gasteiger partial charge < -0.3 is 5.32 Å². The van der Waals surface area contributed by atoms with E-state index in [1.165, 1.54) is 0 Å². The Balaban J connectivity index is 1.63. The van der Waals surface area contributed by atoms with Crippen molar-refractivity contribution in [2.24, 2.45) is 0 Å². The Kier molecular flexibility index (Phi) is 4.56. The molecule has 3 aromatic rings. The molecule has 2 amide bonds. The zero-order chi connectivity index (χ0) is 20.8. The SMILES string of the molecule is O=C1CCC(=O)N1c1nc2n(n1)C(c1ccccc1Cl)C=C(c1ccc(Cl)cc1)N2. The summed E-state index contributed by atoms with van der Waals surface area (Å²) in [6.07, 6.45) is 2.31. The highest BCUT2D eigenvalue weighted by Gasteiger charge is 2.36. The van der Waals surface area contributed by atoms with Gasteiger partial charge in [-0.25, -0.2) is 9.58 Å². The summed E-state index contributed by atoms with van der Waals surface area (Å²) in [6.45, 7) is 0. The van der Waals surface area contributed by atoms with Crippen molar-refractivity contribution in [3.05, 3.63) is 75.8 Å². The summed E-state index contributed by atoms with van der Waals surface area (Å²) in [7, 11) is 0. The minimum atomic E-state index is -0.380. The summed E-state index contributed by atoms with van der Waals surface area (Å²) in [5.74, 6) is -0.131. The molecule has 30 heavy (non-hydrogen) atoms. The molecule has 0 spiro atoms. The minimum Gasteiger partial charge on any atom is -0.324 e. The van der Waals surface area contributed by atoms with Crippen LogP contribution < -0.4 is 10.2 Å². The second-order valence-corrected chi connectivity index (χ2v) is 7.83. The lowest BCUT2D eigenvalue weighted by Crippen LogP contribution is -2.29. The number of carbonyl (C=O) groups excluding carboxylic acids is 2. The first-order valence-corrected chi connectivity index (χ1v) is 10.1. The van der Waals surface area contributed by atoms with E-state index in [0.29, 0.717) is 16.0 Å². The van der Waals surface area contributed by atoms with Gasteiger partial charge in [-0.2, -0.15) is 4.98 Å². The summed E-state index contributed by atoms with van der Waals surface area (Å²) < 4.78 is 1.63.